The highest BCUT2D eigenvalue weighted by Gasteiger charge is 2.30. The van der Waals surface area contributed by atoms with Crippen molar-refractivity contribution in [2.24, 2.45) is 0 Å². The Hall–Kier alpha value is -1.15. The molecule has 6 nitrogen and oxygen atoms in total. The summed E-state index contributed by atoms with van der Waals surface area (Å²) in [6.45, 7) is 1.90. The van der Waals surface area contributed by atoms with Crippen molar-refractivity contribution in [3.05, 3.63) is 29.3 Å². The van der Waals surface area contributed by atoms with Crippen LogP contribution in [0.25, 0.3) is 0 Å². The largest absolute Gasteiger partial charge is 0.339 e. The van der Waals surface area contributed by atoms with Crippen LogP contribution < -0.4 is 5.32 Å². The first-order valence-corrected chi connectivity index (χ1v) is 9.50. The summed E-state index contributed by atoms with van der Waals surface area (Å²) in [6.07, 6.45) is 3.11. The van der Waals surface area contributed by atoms with E-state index in [-0.39, 0.29) is 24.9 Å². The normalized spacial score (nSPS) is 18.1. The van der Waals surface area contributed by atoms with Crippen LogP contribution in [0.2, 0.25) is 0 Å². The molecule has 1 aliphatic heterocycles. The maximum absolute atomic E-state index is 12.8. The smallest absolute Gasteiger partial charge is 0.243 e. The van der Waals surface area contributed by atoms with Crippen molar-refractivity contribution < 1.29 is 13.2 Å². The Kier molecular flexibility index (Phi) is 6.25. The minimum absolute atomic E-state index is 0. The maximum atomic E-state index is 12.8. The van der Waals surface area contributed by atoms with Gasteiger partial charge in [0.2, 0.25) is 15.9 Å². The lowest BCUT2D eigenvalue weighted by Crippen LogP contribution is -2.52. The number of benzene rings is 1. The molecule has 1 aromatic rings. The number of piperazine rings is 1. The number of likely N-dealkylation sites (N-methyl/N-ethyl adjacent to an activating group) is 1. The third-order valence-corrected chi connectivity index (χ3v) is 6.52. The highest BCUT2D eigenvalue weighted by molar-refractivity contribution is 7.89. The van der Waals surface area contributed by atoms with Gasteiger partial charge in [-0.2, -0.15) is 4.31 Å². The van der Waals surface area contributed by atoms with Crippen LogP contribution in [-0.4, -0.2) is 63.3 Å². The molecule has 0 aromatic heterocycles. The van der Waals surface area contributed by atoms with E-state index in [4.69, 9.17) is 0 Å². The molecule has 0 bridgehead atoms. The fourth-order valence-electron chi connectivity index (χ4n) is 3.30. The van der Waals surface area contributed by atoms with Gasteiger partial charge in [0, 0.05) is 26.2 Å². The van der Waals surface area contributed by atoms with Gasteiger partial charge in [-0.3, -0.25) is 4.79 Å². The molecule has 2 aliphatic rings. The molecule has 1 N–H and O–H groups in total. The molecule has 1 saturated heterocycles. The first-order valence-electron chi connectivity index (χ1n) is 8.06. The lowest BCUT2D eigenvalue weighted by molar-refractivity contribution is -0.131. The lowest BCUT2D eigenvalue weighted by atomic mass is 10.1. The lowest BCUT2D eigenvalue weighted by Gasteiger charge is -2.34. The summed E-state index contributed by atoms with van der Waals surface area (Å²) in [7, 11) is -1.74. The Labute approximate surface area is 149 Å². The van der Waals surface area contributed by atoms with Gasteiger partial charge < -0.3 is 10.2 Å². The van der Waals surface area contributed by atoms with Crippen LogP contribution in [0.4, 0.5) is 0 Å². The molecular weight excluding hydrogens is 350 g/mol. The summed E-state index contributed by atoms with van der Waals surface area (Å²) in [5.74, 6) is 0.0158. The second-order valence-electron chi connectivity index (χ2n) is 6.10. The van der Waals surface area contributed by atoms with Gasteiger partial charge in [0.25, 0.3) is 0 Å². The molecule has 0 radical (unpaired) electrons. The van der Waals surface area contributed by atoms with Gasteiger partial charge in [-0.15, -0.1) is 12.4 Å². The SMILES string of the molecule is CNCC(=O)N1CCN(S(=O)(=O)c2ccc3c(c2)CCC3)CC1.Cl. The van der Waals surface area contributed by atoms with Crippen LogP contribution in [0, 0.1) is 0 Å². The average Bonchev–Trinajstić information content (AvgIpc) is 3.03. The number of hydrogen-bond donors (Lipinski definition) is 1. The van der Waals surface area contributed by atoms with E-state index in [0.29, 0.717) is 31.1 Å². The van der Waals surface area contributed by atoms with Crippen LogP contribution in [0.3, 0.4) is 0 Å². The van der Waals surface area contributed by atoms with Gasteiger partial charge in [-0.05, 0) is 49.6 Å². The summed E-state index contributed by atoms with van der Waals surface area (Å²) < 4.78 is 27.1. The Bertz CT molecular complexity index is 701. The summed E-state index contributed by atoms with van der Waals surface area (Å²) in [5.41, 5.74) is 2.43. The van der Waals surface area contributed by atoms with Crippen molar-refractivity contribution in [3.8, 4) is 0 Å². The van der Waals surface area contributed by atoms with E-state index in [9.17, 15) is 13.2 Å². The molecule has 1 heterocycles. The van der Waals surface area contributed by atoms with Crippen molar-refractivity contribution in [1.82, 2.24) is 14.5 Å². The first-order chi connectivity index (χ1) is 11.0. The van der Waals surface area contributed by atoms with Crippen LogP contribution in [-0.2, 0) is 27.7 Å². The maximum Gasteiger partial charge on any atom is 0.243 e. The van der Waals surface area contributed by atoms with E-state index in [1.165, 1.54) is 9.87 Å². The number of nitrogens with one attached hydrogen (secondary N) is 1. The summed E-state index contributed by atoms with van der Waals surface area (Å²) in [6, 6.07) is 5.50. The molecule has 3 rings (SSSR count). The van der Waals surface area contributed by atoms with Gasteiger partial charge in [-0.1, -0.05) is 6.07 Å². The van der Waals surface area contributed by atoms with Crippen molar-refractivity contribution >= 4 is 28.3 Å². The number of nitrogens with zero attached hydrogens (tertiary/aromatic N) is 2. The highest BCUT2D eigenvalue weighted by Crippen LogP contribution is 2.26. The van der Waals surface area contributed by atoms with Gasteiger partial charge >= 0.3 is 0 Å². The number of amides is 1. The van der Waals surface area contributed by atoms with Gasteiger partial charge in [0.15, 0.2) is 0 Å². The molecule has 24 heavy (non-hydrogen) atoms. The molecule has 1 aliphatic carbocycles. The zero-order chi connectivity index (χ0) is 16.4. The number of halogens is 1. The van der Waals surface area contributed by atoms with Crippen molar-refractivity contribution in [2.75, 3.05) is 39.8 Å². The zero-order valence-electron chi connectivity index (χ0n) is 13.8. The van der Waals surface area contributed by atoms with Crippen molar-refractivity contribution in [2.45, 2.75) is 24.2 Å². The average molecular weight is 374 g/mol. The Morgan fingerprint density at radius 3 is 2.46 bits per heavy atom. The third-order valence-electron chi connectivity index (χ3n) is 4.63. The fraction of sp³-hybridized carbons (Fsp3) is 0.562. The van der Waals surface area contributed by atoms with E-state index in [2.05, 4.69) is 5.32 Å². The number of sulfonamides is 1. The van der Waals surface area contributed by atoms with Crippen LogP contribution in [0.5, 0.6) is 0 Å². The Balaban J connectivity index is 0.00000208. The zero-order valence-corrected chi connectivity index (χ0v) is 15.5. The standard InChI is InChI=1S/C16H23N3O3S.ClH/c1-17-12-16(20)18-7-9-19(10-8-18)23(21,22)15-6-5-13-3-2-4-14(13)11-15;/h5-6,11,17H,2-4,7-10,12H2,1H3;1H. The van der Waals surface area contributed by atoms with Crippen LogP contribution in [0.15, 0.2) is 23.1 Å². The van der Waals surface area contributed by atoms with Gasteiger partial charge in [-0.25, -0.2) is 8.42 Å². The fourth-order valence-corrected chi connectivity index (χ4v) is 4.77. The monoisotopic (exact) mass is 373 g/mol. The predicted octanol–water partition coefficient (Wildman–Crippen LogP) is 0.649. The van der Waals surface area contributed by atoms with E-state index in [1.54, 1.807) is 18.0 Å². The molecule has 8 heteroatoms. The van der Waals surface area contributed by atoms with E-state index < -0.39 is 10.0 Å². The predicted molar refractivity (Wildman–Crippen MR) is 95.0 cm³/mol. The van der Waals surface area contributed by atoms with E-state index in [0.717, 1.165) is 24.8 Å². The number of carbonyl (C=O) groups excluding carboxylic acids is 1. The Morgan fingerprint density at radius 1 is 1.12 bits per heavy atom. The first kappa shape index (κ1) is 19.2. The van der Waals surface area contributed by atoms with Crippen LogP contribution >= 0.6 is 12.4 Å². The number of carbonyl (C=O) groups is 1. The van der Waals surface area contributed by atoms with E-state index >= 15 is 0 Å². The van der Waals surface area contributed by atoms with Crippen molar-refractivity contribution in [3.63, 3.8) is 0 Å². The quantitative estimate of drug-likeness (QED) is 0.841. The molecule has 0 atom stereocenters. The second kappa shape index (κ2) is 7.82. The van der Waals surface area contributed by atoms with Gasteiger partial charge in [0.05, 0.1) is 11.4 Å². The molecule has 1 aromatic carbocycles. The van der Waals surface area contributed by atoms with E-state index in [1.807, 2.05) is 12.1 Å². The number of aryl methyl sites for hydroxylation is 2. The number of rotatable bonds is 4. The summed E-state index contributed by atoms with van der Waals surface area (Å²) in [4.78, 5) is 13.9. The summed E-state index contributed by atoms with van der Waals surface area (Å²) >= 11 is 0. The number of fused-ring (bicyclic) bond motifs is 1. The molecule has 134 valence electrons. The molecule has 1 amide bonds. The minimum Gasteiger partial charge on any atom is -0.339 e. The van der Waals surface area contributed by atoms with Crippen molar-refractivity contribution in [1.29, 1.82) is 0 Å². The molecule has 0 spiro atoms. The Morgan fingerprint density at radius 2 is 1.79 bits per heavy atom. The second-order valence-corrected chi connectivity index (χ2v) is 8.04. The third kappa shape index (κ3) is 3.74. The molecular formula is C16H24ClN3O3S. The topological polar surface area (TPSA) is 69.7 Å². The number of hydrogen-bond acceptors (Lipinski definition) is 4. The molecule has 0 saturated carbocycles. The van der Waals surface area contributed by atoms with Crippen LogP contribution in [0.1, 0.15) is 17.5 Å². The molecule has 0 unspecified atom stereocenters. The summed E-state index contributed by atoms with van der Waals surface area (Å²) in [5, 5.41) is 2.83. The minimum atomic E-state index is -3.47. The highest BCUT2D eigenvalue weighted by atomic mass is 35.5. The van der Waals surface area contributed by atoms with Gasteiger partial charge in [0.1, 0.15) is 0 Å². The molecule has 1 fully saturated rings.